The minimum absolute atomic E-state index is 0.392. The van der Waals surface area contributed by atoms with Crippen molar-refractivity contribution in [2.24, 2.45) is 0 Å². The first kappa shape index (κ1) is 14.2. The van der Waals surface area contributed by atoms with Crippen LogP contribution in [-0.2, 0) is 6.54 Å². The van der Waals surface area contributed by atoms with E-state index in [0.29, 0.717) is 0 Å². The molecule has 0 aliphatic heterocycles. The molecule has 3 heteroatoms. The normalized spacial score (nSPS) is 12.9. The third-order valence-corrected chi connectivity index (χ3v) is 3.22. The highest BCUT2D eigenvalue weighted by Gasteiger charge is 2.12. The number of aliphatic hydroxyl groups is 1. The molecule has 0 radical (unpaired) electrons. The van der Waals surface area contributed by atoms with Crippen molar-refractivity contribution in [3.05, 3.63) is 18.2 Å². The molecule has 1 aromatic heterocycles. The number of nitrogens with zero attached hydrogens (tertiary/aromatic N) is 2. The summed E-state index contributed by atoms with van der Waals surface area (Å²) in [6.07, 6.45) is 11.7. The van der Waals surface area contributed by atoms with E-state index in [4.69, 9.17) is 0 Å². The van der Waals surface area contributed by atoms with Crippen molar-refractivity contribution in [3.63, 3.8) is 0 Å². The Balaban J connectivity index is 2.19. The van der Waals surface area contributed by atoms with E-state index in [1.165, 1.54) is 32.1 Å². The molecule has 0 spiro atoms. The Bertz CT molecular complexity index is 296. The van der Waals surface area contributed by atoms with Gasteiger partial charge >= 0.3 is 0 Å². The van der Waals surface area contributed by atoms with Crippen molar-refractivity contribution in [2.75, 3.05) is 0 Å². The lowest BCUT2D eigenvalue weighted by Crippen LogP contribution is -2.07. The molecule has 98 valence electrons. The van der Waals surface area contributed by atoms with Gasteiger partial charge in [-0.3, -0.25) is 0 Å². The van der Waals surface area contributed by atoms with Gasteiger partial charge in [0.15, 0.2) is 0 Å². The number of imidazole rings is 1. The molecule has 0 bridgehead atoms. The van der Waals surface area contributed by atoms with Crippen molar-refractivity contribution in [2.45, 2.75) is 71.4 Å². The fourth-order valence-corrected chi connectivity index (χ4v) is 2.13. The molecule has 0 aliphatic rings. The Kier molecular flexibility index (Phi) is 6.94. The summed E-state index contributed by atoms with van der Waals surface area (Å²) in [6, 6.07) is 0. The topological polar surface area (TPSA) is 38.1 Å². The fraction of sp³-hybridized carbons (Fsp3) is 0.786. The van der Waals surface area contributed by atoms with E-state index in [2.05, 4.69) is 18.8 Å². The maximum atomic E-state index is 10.0. The van der Waals surface area contributed by atoms with E-state index in [1.807, 2.05) is 10.8 Å². The summed E-state index contributed by atoms with van der Waals surface area (Å²) in [5.74, 6) is 0.820. The van der Waals surface area contributed by atoms with Gasteiger partial charge in [0.25, 0.3) is 0 Å². The van der Waals surface area contributed by atoms with Crippen LogP contribution in [0.2, 0.25) is 0 Å². The minimum Gasteiger partial charge on any atom is -0.385 e. The maximum absolute atomic E-state index is 10.0. The highest BCUT2D eigenvalue weighted by atomic mass is 16.3. The molecular weight excluding hydrogens is 212 g/mol. The molecule has 0 saturated heterocycles. The van der Waals surface area contributed by atoms with Crippen molar-refractivity contribution in [1.82, 2.24) is 9.55 Å². The fourth-order valence-electron chi connectivity index (χ4n) is 2.13. The lowest BCUT2D eigenvalue weighted by atomic mass is 10.1. The molecule has 0 aliphatic carbocycles. The number of aromatic nitrogens is 2. The Morgan fingerprint density at radius 3 is 2.59 bits per heavy atom. The largest absolute Gasteiger partial charge is 0.385 e. The Morgan fingerprint density at radius 1 is 1.18 bits per heavy atom. The van der Waals surface area contributed by atoms with Gasteiger partial charge in [0.05, 0.1) is 0 Å². The summed E-state index contributed by atoms with van der Waals surface area (Å²) >= 11 is 0. The van der Waals surface area contributed by atoms with Gasteiger partial charge in [-0.1, -0.05) is 45.4 Å². The van der Waals surface area contributed by atoms with Gasteiger partial charge in [0.1, 0.15) is 11.9 Å². The highest BCUT2D eigenvalue weighted by Crippen LogP contribution is 2.18. The number of aryl methyl sites for hydroxylation is 1. The number of rotatable bonds is 9. The van der Waals surface area contributed by atoms with Crippen LogP contribution in [0, 0.1) is 0 Å². The van der Waals surface area contributed by atoms with Gasteiger partial charge in [-0.05, 0) is 13.3 Å². The van der Waals surface area contributed by atoms with E-state index in [9.17, 15) is 5.11 Å². The van der Waals surface area contributed by atoms with Crippen molar-refractivity contribution in [1.29, 1.82) is 0 Å². The quantitative estimate of drug-likeness (QED) is 0.666. The third-order valence-electron chi connectivity index (χ3n) is 3.22. The summed E-state index contributed by atoms with van der Waals surface area (Å²) in [5.41, 5.74) is 0. The van der Waals surface area contributed by atoms with Gasteiger partial charge in [-0.25, -0.2) is 4.98 Å². The second kappa shape index (κ2) is 8.29. The first-order valence-corrected chi connectivity index (χ1v) is 6.98. The second-order valence-corrected chi connectivity index (χ2v) is 4.64. The zero-order valence-electron chi connectivity index (χ0n) is 11.2. The Labute approximate surface area is 105 Å². The molecule has 1 aromatic rings. The predicted octanol–water partition coefficient (Wildman–Crippen LogP) is 3.69. The second-order valence-electron chi connectivity index (χ2n) is 4.64. The molecule has 0 aromatic carbocycles. The van der Waals surface area contributed by atoms with Crippen molar-refractivity contribution < 1.29 is 5.11 Å². The van der Waals surface area contributed by atoms with Crippen LogP contribution in [-0.4, -0.2) is 14.7 Å². The Morgan fingerprint density at radius 2 is 1.88 bits per heavy atom. The SMILES string of the molecule is CCCCCCCCC(O)c1nccn1CC. The van der Waals surface area contributed by atoms with Crippen LogP contribution in [0.1, 0.15) is 70.7 Å². The first-order chi connectivity index (χ1) is 8.29. The molecule has 1 rings (SSSR count). The Hall–Kier alpha value is -0.830. The van der Waals surface area contributed by atoms with Crippen LogP contribution >= 0.6 is 0 Å². The summed E-state index contributed by atoms with van der Waals surface area (Å²) in [5, 5.41) is 10.0. The van der Waals surface area contributed by atoms with Crippen LogP contribution in [0.4, 0.5) is 0 Å². The van der Waals surface area contributed by atoms with Crippen LogP contribution in [0.25, 0.3) is 0 Å². The van der Waals surface area contributed by atoms with Crippen LogP contribution in [0.3, 0.4) is 0 Å². The number of hydrogen-bond donors (Lipinski definition) is 1. The van der Waals surface area contributed by atoms with E-state index < -0.39 is 6.10 Å². The van der Waals surface area contributed by atoms with Gasteiger partial charge in [-0.2, -0.15) is 0 Å². The van der Waals surface area contributed by atoms with Crippen molar-refractivity contribution >= 4 is 0 Å². The average molecular weight is 238 g/mol. The minimum atomic E-state index is -0.392. The zero-order chi connectivity index (χ0) is 12.5. The summed E-state index contributed by atoms with van der Waals surface area (Å²) in [4.78, 5) is 4.23. The smallest absolute Gasteiger partial charge is 0.137 e. The van der Waals surface area contributed by atoms with E-state index in [1.54, 1.807) is 6.20 Å². The van der Waals surface area contributed by atoms with Gasteiger partial charge in [-0.15, -0.1) is 0 Å². The number of unbranched alkanes of at least 4 members (excludes halogenated alkanes) is 5. The molecule has 3 nitrogen and oxygen atoms in total. The number of hydrogen-bond acceptors (Lipinski definition) is 2. The standard InChI is InChI=1S/C14H26N2O/c1-3-5-6-7-8-9-10-13(17)14-15-11-12-16(14)4-2/h11-13,17H,3-10H2,1-2H3. The summed E-state index contributed by atoms with van der Waals surface area (Å²) < 4.78 is 2.02. The predicted molar refractivity (Wildman–Crippen MR) is 70.9 cm³/mol. The van der Waals surface area contributed by atoms with E-state index in [-0.39, 0.29) is 0 Å². The molecule has 0 fully saturated rings. The van der Waals surface area contributed by atoms with Crippen LogP contribution in [0.15, 0.2) is 12.4 Å². The third kappa shape index (κ3) is 4.90. The molecule has 0 amide bonds. The molecule has 17 heavy (non-hydrogen) atoms. The monoisotopic (exact) mass is 238 g/mol. The lowest BCUT2D eigenvalue weighted by molar-refractivity contribution is 0.149. The van der Waals surface area contributed by atoms with Crippen LogP contribution < -0.4 is 0 Å². The number of aliphatic hydroxyl groups excluding tert-OH is 1. The van der Waals surface area contributed by atoms with Crippen LogP contribution in [0.5, 0.6) is 0 Å². The molecule has 1 atom stereocenters. The molecule has 0 saturated carbocycles. The van der Waals surface area contributed by atoms with E-state index >= 15 is 0 Å². The summed E-state index contributed by atoms with van der Waals surface area (Å²) in [7, 11) is 0. The van der Waals surface area contributed by atoms with Gasteiger partial charge in [0, 0.05) is 18.9 Å². The lowest BCUT2D eigenvalue weighted by Gasteiger charge is -2.11. The van der Waals surface area contributed by atoms with Gasteiger partial charge < -0.3 is 9.67 Å². The first-order valence-electron chi connectivity index (χ1n) is 6.98. The van der Waals surface area contributed by atoms with E-state index in [0.717, 1.165) is 25.2 Å². The molecule has 1 heterocycles. The molecular formula is C14H26N2O. The maximum Gasteiger partial charge on any atom is 0.137 e. The average Bonchev–Trinajstić information content (AvgIpc) is 2.81. The molecule has 1 N–H and O–H groups in total. The van der Waals surface area contributed by atoms with Crippen molar-refractivity contribution in [3.8, 4) is 0 Å². The zero-order valence-corrected chi connectivity index (χ0v) is 11.2. The highest BCUT2D eigenvalue weighted by molar-refractivity contribution is 4.96. The van der Waals surface area contributed by atoms with Gasteiger partial charge in [0.2, 0.25) is 0 Å². The summed E-state index contributed by atoms with van der Waals surface area (Å²) in [6.45, 7) is 5.18. The molecule has 1 unspecified atom stereocenters.